The highest BCUT2D eigenvalue weighted by Crippen LogP contribution is 2.15. The first-order valence-electron chi connectivity index (χ1n) is 6.02. The van der Waals surface area contributed by atoms with Crippen molar-refractivity contribution in [3.05, 3.63) is 35.1 Å². The van der Waals surface area contributed by atoms with E-state index >= 15 is 0 Å². The number of piperazine rings is 1. The summed E-state index contributed by atoms with van der Waals surface area (Å²) in [6.45, 7) is 2.25. The summed E-state index contributed by atoms with van der Waals surface area (Å²) in [6, 6.07) is 4.36. The molecule has 4 nitrogen and oxygen atoms in total. The van der Waals surface area contributed by atoms with Gasteiger partial charge in [0.1, 0.15) is 10.8 Å². The smallest absolute Gasteiger partial charge is 0.236 e. The summed E-state index contributed by atoms with van der Waals surface area (Å²) in [5.74, 6) is -0.255. The molecular formula is C13H16FN3OS. The molecule has 102 valence electrons. The summed E-state index contributed by atoms with van der Waals surface area (Å²) in [5.41, 5.74) is 7.03. The Morgan fingerprint density at radius 2 is 2.21 bits per heavy atom. The van der Waals surface area contributed by atoms with E-state index in [-0.39, 0.29) is 16.7 Å². The van der Waals surface area contributed by atoms with Gasteiger partial charge in [-0.2, -0.15) is 0 Å². The molecule has 1 aromatic carbocycles. The Morgan fingerprint density at radius 3 is 2.84 bits per heavy atom. The maximum absolute atomic E-state index is 13.3. The summed E-state index contributed by atoms with van der Waals surface area (Å²) in [6.07, 6.45) is 0. The molecule has 0 radical (unpaired) electrons. The van der Waals surface area contributed by atoms with Gasteiger partial charge in [0.25, 0.3) is 0 Å². The summed E-state index contributed by atoms with van der Waals surface area (Å²) in [7, 11) is 1.78. The van der Waals surface area contributed by atoms with Gasteiger partial charge in [-0.15, -0.1) is 0 Å². The van der Waals surface area contributed by atoms with Crippen LogP contribution in [0.2, 0.25) is 0 Å². The molecular weight excluding hydrogens is 265 g/mol. The Balaban J connectivity index is 2.16. The highest BCUT2D eigenvalue weighted by Gasteiger charge is 2.21. The number of likely N-dealkylation sites (N-methyl/N-ethyl adjacent to an activating group) is 1. The predicted molar refractivity (Wildman–Crippen MR) is 75.2 cm³/mol. The van der Waals surface area contributed by atoms with E-state index < -0.39 is 0 Å². The highest BCUT2D eigenvalue weighted by molar-refractivity contribution is 7.80. The number of carbonyl (C=O) groups is 1. The SMILES string of the molecule is CN1CCN(Cc2cc(F)ccc2C(N)=S)CC1=O. The van der Waals surface area contributed by atoms with Crippen molar-refractivity contribution in [1.82, 2.24) is 9.80 Å². The lowest BCUT2D eigenvalue weighted by Crippen LogP contribution is -2.48. The second-order valence-corrected chi connectivity index (χ2v) is 5.13. The molecule has 1 amide bonds. The lowest BCUT2D eigenvalue weighted by Gasteiger charge is -2.32. The number of carbonyl (C=O) groups excluding carboxylic acids is 1. The molecule has 1 aliphatic heterocycles. The number of nitrogens with two attached hydrogens (primary N) is 1. The minimum Gasteiger partial charge on any atom is -0.389 e. The van der Waals surface area contributed by atoms with Crippen LogP contribution in [-0.2, 0) is 11.3 Å². The monoisotopic (exact) mass is 281 g/mol. The van der Waals surface area contributed by atoms with Crippen LogP contribution in [0.15, 0.2) is 18.2 Å². The lowest BCUT2D eigenvalue weighted by molar-refractivity contribution is -0.134. The quantitative estimate of drug-likeness (QED) is 0.830. The van der Waals surface area contributed by atoms with Gasteiger partial charge in [0.05, 0.1) is 6.54 Å². The van der Waals surface area contributed by atoms with Gasteiger partial charge in [0, 0.05) is 32.2 Å². The molecule has 0 aromatic heterocycles. The fourth-order valence-corrected chi connectivity index (χ4v) is 2.32. The van der Waals surface area contributed by atoms with E-state index in [4.69, 9.17) is 18.0 Å². The minimum absolute atomic E-state index is 0.0690. The van der Waals surface area contributed by atoms with Gasteiger partial charge < -0.3 is 10.6 Å². The molecule has 2 N–H and O–H groups in total. The van der Waals surface area contributed by atoms with Gasteiger partial charge in [0.2, 0.25) is 5.91 Å². The van der Waals surface area contributed by atoms with Crippen LogP contribution in [0, 0.1) is 5.82 Å². The van der Waals surface area contributed by atoms with Gasteiger partial charge >= 0.3 is 0 Å². The van der Waals surface area contributed by atoms with Crippen LogP contribution in [0.5, 0.6) is 0 Å². The third kappa shape index (κ3) is 3.27. The zero-order chi connectivity index (χ0) is 14.0. The largest absolute Gasteiger partial charge is 0.389 e. The van der Waals surface area contributed by atoms with Crippen LogP contribution < -0.4 is 5.73 Å². The number of benzene rings is 1. The maximum atomic E-state index is 13.3. The summed E-state index contributed by atoms with van der Waals surface area (Å²) >= 11 is 4.96. The fourth-order valence-electron chi connectivity index (χ4n) is 2.12. The van der Waals surface area contributed by atoms with E-state index in [0.29, 0.717) is 25.2 Å². The third-order valence-corrected chi connectivity index (χ3v) is 3.48. The fraction of sp³-hybridized carbons (Fsp3) is 0.385. The number of halogens is 1. The normalized spacial score (nSPS) is 16.7. The summed E-state index contributed by atoms with van der Waals surface area (Å²) < 4.78 is 13.3. The van der Waals surface area contributed by atoms with Gasteiger partial charge in [-0.05, 0) is 23.8 Å². The molecule has 19 heavy (non-hydrogen) atoms. The van der Waals surface area contributed by atoms with Crippen LogP contribution in [0.25, 0.3) is 0 Å². The second kappa shape index (κ2) is 5.63. The first kappa shape index (κ1) is 13.9. The Morgan fingerprint density at radius 1 is 1.47 bits per heavy atom. The van der Waals surface area contributed by atoms with Crippen molar-refractivity contribution in [2.24, 2.45) is 5.73 Å². The molecule has 1 aromatic rings. The number of amides is 1. The van der Waals surface area contributed by atoms with Crippen molar-refractivity contribution in [3.8, 4) is 0 Å². The highest BCUT2D eigenvalue weighted by atomic mass is 32.1. The predicted octanol–water partition coefficient (Wildman–Crippen LogP) is 0.734. The van der Waals surface area contributed by atoms with Crippen LogP contribution in [0.3, 0.4) is 0 Å². The molecule has 1 heterocycles. The average molecular weight is 281 g/mol. The van der Waals surface area contributed by atoms with E-state index in [9.17, 15) is 9.18 Å². The standard InChI is InChI=1S/C13H16FN3OS/c1-16-4-5-17(8-12(16)18)7-9-6-10(14)2-3-11(9)13(15)19/h2-3,6H,4-5,7-8H2,1H3,(H2,15,19). The van der Waals surface area contributed by atoms with Crippen LogP contribution in [0.1, 0.15) is 11.1 Å². The average Bonchev–Trinajstić information content (AvgIpc) is 2.33. The molecule has 0 unspecified atom stereocenters. The molecule has 0 saturated carbocycles. The molecule has 0 atom stereocenters. The molecule has 0 bridgehead atoms. The topological polar surface area (TPSA) is 49.6 Å². The lowest BCUT2D eigenvalue weighted by atomic mass is 10.1. The molecule has 1 fully saturated rings. The van der Waals surface area contributed by atoms with Crippen molar-refractivity contribution in [2.45, 2.75) is 6.54 Å². The number of hydrogen-bond acceptors (Lipinski definition) is 3. The number of nitrogens with zero attached hydrogens (tertiary/aromatic N) is 2. The van der Waals surface area contributed by atoms with E-state index in [2.05, 4.69) is 0 Å². The number of hydrogen-bond donors (Lipinski definition) is 1. The Bertz CT molecular complexity index is 521. The Labute approximate surface area is 117 Å². The third-order valence-electron chi connectivity index (χ3n) is 3.26. The Kier molecular flexibility index (Phi) is 4.11. The van der Waals surface area contributed by atoms with Gasteiger partial charge in [-0.1, -0.05) is 12.2 Å². The first-order valence-corrected chi connectivity index (χ1v) is 6.43. The summed E-state index contributed by atoms with van der Waals surface area (Å²) in [4.78, 5) is 15.5. The second-order valence-electron chi connectivity index (χ2n) is 4.69. The van der Waals surface area contributed by atoms with Gasteiger partial charge in [-0.25, -0.2) is 4.39 Å². The van der Waals surface area contributed by atoms with Crippen molar-refractivity contribution in [3.63, 3.8) is 0 Å². The van der Waals surface area contributed by atoms with Crippen molar-refractivity contribution < 1.29 is 9.18 Å². The number of rotatable bonds is 3. The zero-order valence-corrected chi connectivity index (χ0v) is 11.5. The minimum atomic E-state index is -0.324. The Hall–Kier alpha value is -1.53. The summed E-state index contributed by atoms with van der Waals surface area (Å²) in [5, 5.41) is 0. The van der Waals surface area contributed by atoms with Crippen LogP contribution >= 0.6 is 12.2 Å². The van der Waals surface area contributed by atoms with Crippen molar-refractivity contribution in [2.75, 3.05) is 26.7 Å². The molecule has 6 heteroatoms. The maximum Gasteiger partial charge on any atom is 0.236 e. The number of thiocarbonyl (C=S) groups is 1. The molecule has 0 spiro atoms. The van der Waals surface area contributed by atoms with E-state index in [1.165, 1.54) is 12.1 Å². The van der Waals surface area contributed by atoms with E-state index in [0.717, 1.165) is 12.1 Å². The van der Waals surface area contributed by atoms with Crippen molar-refractivity contribution in [1.29, 1.82) is 0 Å². The molecule has 0 aliphatic carbocycles. The molecule has 1 aliphatic rings. The molecule has 1 saturated heterocycles. The zero-order valence-electron chi connectivity index (χ0n) is 10.7. The first-order chi connectivity index (χ1) is 8.97. The van der Waals surface area contributed by atoms with Gasteiger partial charge in [0.15, 0.2) is 0 Å². The van der Waals surface area contributed by atoms with E-state index in [1.54, 1.807) is 18.0 Å². The molecule has 2 rings (SSSR count). The van der Waals surface area contributed by atoms with Crippen LogP contribution in [0.4, 0.5) is 4.39 Å². The van der Waals surface area contributed by atoms with Crippen LogP contribution in [-0.4, -0.2) is 47.4 Å². The van der Waals surface area contributed by atoms with E-state index in [1.807, 2.05) is 4.90 Å². The van der Waals surface area contributed by atoms with Crippen molar-refractivity contribution >= 4 is 23.1 Å². The van der Waals surface area contributed by atoms with Gasteiger partial charge in [-0.3, -0.25) is 9.69 Å².